The second-order valence-corrected chi connectivity index (χ2v) is 20.7. The Morgan fingerprint density at radius 1 is 0.736 bits per heavy atom. The maximum absolute atomic E-state index is 13.6. The number of carbonyl (C=O) groups is 5. The number of H-pyrrole nitrogens is 2. The molecule has 1 aliphatic heterocycles. The topological polar surface area (TPSA) is 307 Å². The van der Waals surface area contributed by atoms with Crippen molar-refractivity contribution in [3.05, 3.63) is 169 Å². The molecule has 0 saturated heterocycles. The highest BCUT2D eigenvalue weighted by molar-refractivity contribution is 7.12. The van der Waals surface area contributed by atoms with Gasteiger partial charge in [-0.1, -0.05) is 50.3 Å². The number of thiophene rings is 1. The first-order chi connectivity index (χ1) is 42.2. The van der Waals surface area contributed by atoms with E-state index >= 15 is 0 Å². The monoisotopic (exact) mass is 1210 g/mol. The smallest absolute Gasteiger partial charge is 0.332 e. The highest BCUT2D eigenvalue weighted by Crippen LogP contribution is 2.23. The van der Waals surface area contributed by atoms with E-state index in [-0.39, 0.29) is 75.1 Å². The summed E-state index contributed by atoms with van der Waals surface area (Å²) >= 11 is 1.69. The predicted molar refractivity (Wildman–Crippen MR) is 328 cm³/mol. The van der Waals surface area contributed by atoms with Crippen LogP contribution in [0.25, 0.3) is 40.8 Å². The van der Waals surface area contributed by atoms with Gasteiger partial charge >= 0.3 is 5.69 Å². The molecule has 5 amide bonds. The van der Waals surface area contributed by atoms with E-state index in [1.807, 2.05) is 62.4 Å². The molecule has 2 radical (unpaired) electrons. The minimum Gasteiger partial charge on any atom is -0.554 e. The Morgan fingerprint density at radius 3 is 2.06 bits per heavy atom. The first-order valence-electron chi connectivity index (χ1n) is 28.1. The number of aryl methyl sites for hydroxylation is 1. The molecule has 26 heteroatoms. The van der Waals surface area contributed by atoms with Crippen LogP contribution in [0.2, 0.25) is 0 Å². The average molecular weight is 1210 g/mol. The van der Waals surface area contributed by atoms with Crippen LogP contribution in [0.15, 0.2) is 130 Å². The number of halogens is 2. The van der Waals surface area contributed by atoms with Crippen molar-refractivity contribution >= 4 is 83.8 Å². The number of nitrogens with zero attached hydrogens (tertiary/aromatic N) is 3. The van der Waals surface area contributed by atoms with Crippen LogP contribution in [0.5, 0.6) is 17.2 Å². The second kappa shape index (κ2) is 33.1. The van der Waals surface area contributed by atoms with Gasteiger partial charge in [-0.25, -0.2) is 14.8 Å². The summed E-state index contributed by atoms with van der Waals surface area (Å²) in [6.07, 6.45) is 12.3. The third-order valence-electron chi connectivity index (χ3n) is 13.2. The first kappa shape index (κ1) is 64.9. The lowest BCUT2D eigenvalue weighted by Crippen LogP contribution is -2.67. The van der Waals surface area contributed by atoms with E-state index in [4.69, 9.17) is 9.47 Å². The highest BCUT2D eigenvalue weighted by atomic mass is 32.1. The number of hydrogen-bond donors (Lipinski definition) is 10. The molecule has 0 spiro atoms. The van der Waals surface area contributed by atoms with Crippen LogP contribution in [0.1, 0.15) is 73.3 Å². The van der Waals surface area contributed by atoms with E-state index in [9.17, 15) is 52.4 Å². The average Bonchev–Trinajstić information content (AvgIpc) is 2.48. The number of aromatic hydroxyl groups is 1. The summed E-state index contributed by atoms with van der Waals surface area (Å²) in [5.74, 6) is -1.47. The van der Waals surface area contributed by atoms with Gasteiger partial charge in [0.15, 0.2) is 18.9 Å². The predicted octanol–water partition coefficient (Wildman–Crippen LogP) is 3.76. The fraction of sp³-hybridized carbons (Fsp3) is 0.295. The Kier molecular flexibility index (Phi) is 24.7. The molecule has 2 atom stereocenters. The summed E-state index contributed by atoms with van der Waals surface area (Å²) in [5, 5.41) is 35.2. The molecule has 10 N–H and O–H groups in total. The molecule has 87 heavy (non-hydrogen) atoms. The van der Waals surface area contributed by atoms with Gasteiger partial charge in [0.05, 0.1) is 11.5 Å². The number of hydrogen-bond acceptors (Lipinski definition) is 13. The third kappa shape index (κ3) is 19.4. The van der Waals surface area contributed by atoms with Crippen molar-refractivity contribution in [3.8, 4) is 28.6 Å². The molecule has 7 aromatic rings. The summed E-state index contributed by atoms with van der Waals surface area (Å²) in [5.41, 5.74) is 5.84. The standard InChI is InChI=1S/C61H67N11O11S.BF2/c1-3-31-71-57-55(60(80)72(32-4-2)61(71)81)69-56(70-57)41-15-25-47(26-16-41)83-38-54(77)63-29-30-64-58(78)50(36-73)68-59(79)49(34-40-11-21-45(74)22-12-40)67-52(75)9-5-6-28-62-53(76)37-82-46-23-13-39(14-24-46)10-17-42-18-19-43(65-42)35-44-20-27-48(66-44)51-8-7-33-84-51;2-1-3/h7-8,10-27,33,35,49-50,65,73-74H,3-6,9,28-32,34,36-38H2,1-2H3,(H,62,76)(H,63,77)(H,64,78)(H,67,75)(H,68,79)(H,69,70);/q;-1/p+1/b17-10+,44-35-;/t49-,50-;/m0./s1. The molecule has 22 nitrogen and oxygen atoms in total. The Labute approximate surface area is 503 Å². The number of allylic oxidation sites excluding steroid dienone is 2. The van der Waals surface area contributed by atoms with Gasteiger partial charge in [-0.05, 0) is 115 Å². The van der Waals surface area contributed by atoms with E-state index in [1.54, 1.807) is 59.9 Å². The number of ether oxygens (including phenoxy) is 2. The van der Waals surface area contributed by atoms with Gasteiger partial charge in [0, 0.05) is 80.7 Å². The van der Waals surface area contributed by atoms with Crippen molar-refractivity contribution in [2.45, 2.75) is 77.5 Å². The normalized spacial score (nSPS) is 12.9. The molecule has 5 heterocycles. The minimum atomic E-state index is -1.40. The van der Waals surface area contributed by atoms with Crippen LogP contribution in [0.3, 0.4) is 0 Å². The van der Waals surface area contributed by atoms with Gasteiger partial charge in [0.1, 0.15) is 48.5 Å². The van der Waals surface area contributed by atoms with E-state index in [2.05, 4.69) is 70.1 Å². The molecule has 0 aliphatic carbocycles. The van der Waals surface area contributed by atoms with Gasteiger partial charge in [-0.2, -0.15) is 0 Å². The Bertz CT molecular complexity index is 3690. The number of phenolic OH excluding ortho intramolecular Hbond substituents is 1. The van der Waals surface area contributed by atoms with Gasteiger partial charge in [-0.15, -0.1) is 11.3 Å². The Hall–Kier alpha value is -9.69. The maximum atomic E-state index is 13.6. The summed E-state index contributed by atoms with van der Waals surface area (Å²) in [4.78, 5) is 107. The Morgan fingerprint density at radius 2 is 1.39 bits per heavy atom. The highest BCUT2D eigenvalue weighted by Gasteiger charge is 2.27. The number of amides is 5. The van der Waals surface area contributed by atoms with Crippen LogP contribution in [0, 0.1) is 0 Å². The summed E-state index contributed by atoms with van der Waals surface area (Å²) < 4.78 is 33.0. The number of aliphatic hydroxyl groups is 1. The number of unbranched alkanes of at least 4 members (excludes halogenated alkanes) is 1. The van der Waals surface area contributed by atoms with Crippen molar-refractivity contribution < 1.29 is 57.3 Å². The van der Waals surface area contributed by atoms with Crippen LogP contribution in [-0.2, 0) is 43.5 Å². The Balaban J connectivity index is 0.00000353. The summed E-state index contributed by atoms with van der Waals surface area (Å²) in [6.45, 7) is 3.39. The maximum Gasteiger partial charge on any atom is 0.332 e. The van der Waals surface area contributed by atoms with E-state index in [0.29, 0.717) is 60.7 Å². The van der Waals surface area contributed by atoms with Crippen LogP contribution in [0.4, 0.5) is 8.63 Å². The number of imidazole rings is 1. The molecule has 3 aromatic carbocycles. The summed E-state index contributed by atoms with van der Waals surface area (Å²) in [6, 6.07) is 25.6. The number of aromatic amines is 2. The number of nitrogens with one attached hydrogen (secondary N) is 8. The van der Waals surface area contributed by atoms with Gasteiger partial charge in [0.25, 0.3) is 17.4 Å². The van der Waals surface area contributed by atoms with Crippen LogP contribution in [-0.4, -0.2) is 129 Å². The van der Waals surface area contributed by atoms with Crippen molar-refractivity contribution in [2.75, 3.05) is 39.5 Å². The number of carbonyl (C=O) groups excluding carboxylic acids is 5. The number of aromatic nitrogens is 5. The number of rotatable bonds is 30. The molecule has 0 unspecified atom stereocenters. The fourth-order valence-electron chi connectivity index (χ4n) is 8.93. The van der Waals surface area contributed by atoms with Crippen molar-refractivity contribution in [1.82, 2.24) is 50.7 Å². The molecule has 0 fully saturated rings. The van der Waals surface area contributed by atoms with Gasteiger partial charge in [-0.3, -0.25) is 37.9 Å². The van der Waals surface area contributed by atoms with Crippen molar-refractivity contribution in [1.29, 1.82) is 0 Å². The molecule has 8 rings (SSSR count). The molecule has 0 saturated carbocycles. The number of fused-ring (bicyclic) bond motifs is 1. The third-order valence-corrected chi connectivity index (χ3v) is 14.1. The molecular formula is C61H68BF2N11O11S. The quantitative estimate of drug-likeness (QED) is 0.0228. The van der Waals surface area contributed by atoms with Crippen molar-refractivity contribution in [3.63, 3.8) is 0 Å². The number of phenols is 1. The van der Waals surface area contributed by atoms with Gasteiger partial charge < -0.3 is 64.9 Å². The first-order valence-corrected chi connectivity index (χ1v) is 29.0. The van der Waals surface area contributed by atoms with Crippen molar-refractivity contribution in [2.24, 2.45) is 0 Å². The summed E-state index contributed by atoms with van der Waals surface area (Å²) in [7, 11) is -1.00. The second-order valence-electron chi connectivity index (χ2n) is 19.8. The molecular weight excluding hydrogens is 1140 g/mol. The van der Waals surface area contributed by atoms with E-state index < -0.39 is 61.4 Å². The van der Waals surface area contributed by atoms with Gasteiger partial charge in [0.2, 0.25) is 29.1 Å². The fourth-order valence-corrected chi connectivity index (χ4v) is 9.64. The van der Waals surface area contributed by atoms with Crippen LogP contribution < -0.4 is 52.3 Å². The SMILES string of the molecule is CCCn1c(=O)c2[nH]c(-c3ccc(OCC(=O)NCCNC(=O)[C@H](CO)NC(=O)[C@H](Cc4ccc(O)cc4)NC(=O)CCCCNC(=O)COc4ccc(/C=C/c5ccc(/C=C6/C=CC(c7cccs7)=[NH+]6)[nH]5)cc4)cc3)nc2n(CCC)c1=O.F[B-]F. The zero-order valence-corrected chi connectivity index (χ0v) is 48.7. The molecule has 0 bridgehead atoms. The lowest BCUT2D eigenvalue weighted by atomic mass is 10.0. The largest absolute Gasteiger partial charge is 0.554 e. The number of benzene rings is 3. The minimum absolute atomic E-state index is 0.00102. The lowest BCUT2D eigenvalue weighted by molar-refractivity contribution is -0.383. The molecule has 4 aromatic heterocycles. The zero-order valence-electron chi connectivity index (χ0n) is 47.9. The van der Waals surface area contributed by atoms with Crippen LogP contribution >= 0.6 is 11.3 Å². The van der Waals surface area contributed by atoms with E-state index in [1.165, 1.54) is 26.1 Å². The molecule has 1 aliphatic rings. The lowest BCUT2D eigenvalue weighted by Gasteiger charge is -2.22. The van der Waals surface area contributed by atoms with E-state index in [0.717, 1.165) is 28.4 Å². The number of aliphatic hydroxyl groups excluding tert-OH is 1. The zero-order chi connectivity index (χ0) is 62.1. The molecule has 456 valence electrons.